The van der Waals surface area contributed by atoms with E-state index >= 15 is 0 Å². The van der Waals surface area contributed by atoms with Gasteiger partial charge in [0.2, 0.25) is 0 Å². The Balaban J connectivity index is 1.57. The minimum atomic E-state index is 0.288. The standard InChI is InChI=1S/C23H22NO4/c1-25-20-14-10-19(11-15-20)23(24-26-2)17-28-22-12-8-18(9-13-22)16-27-21-6-4-3-5-7-21/h3-4,6-15H,16-17H2,1-2H3/b24-23+. The van der Waals surface area contributed by atoms with Gasteiger partial charge in [0.25, 0.3) is 0 Å². The molecule has 0 heterocycles. The molecular weight excluding hydrogens is 354 g/mol. The van der Waals surface area contributed by atoms with Crippen LogP contribution in [0.15, 0.2) is 78.0 Å². The third-order valence-corrected chi connectivity index (χ3v) is 4.01. The predicted octanol–water partition coefficient (Wildman–Crippen LogP) is 4.50. The summed E-state index contributed by atoms with van der Waals surface area (Å²) in [4.78, 5) is 4.95. The van der Waals surface area contributed by atoms with Crippen LogP contribution < -0.4 is 14.2 Å². The van der Waals surface area contributed by atoms with Crippen molar-refractivity contribution in [2.75, 3.05) is 20.8 Å². The van der Waals surface area contributed by atoms with E-state index < -0.39 is 0 Å². The van der Waals surface area contributed by atoms with E-state index in [0.29, 0.717) is 12.3 Å². The molecule has 3 rings (SSSR count). The van der Waals surface area contributed by atoms with Crippen molar-refractivity contribution in [2.45, 2.75) is 6.61 Å². The second-order valence-corrected chi connectivity index (χ2v) is 5.91. The number of hydrogen-bond acceptors (Lipinski definition) is 5. The summed E-state index contributed by atoms with van der Waals surface area (Å²) in [6, 6.07) is 25.8. The summed E-state index contributed by atoms with van der Waals surface area (Å²) in [7, 11) is 3.15. The van der Waals surface area contributed by atoms with Gasteiger partial charge in [0, 0.05) is 5.56 Å². The SMILES string of the molecule is CO/N=C(\COc1ccc(COc2c[c]ccc2)cc1)c1ccc(OC)cc1. The molecule has 0 aliphatic carbocycles. The van der Waals surface area contributed by atoms with Gasteiger partial charge in [-0.2, -0.15) is 0 Å². The molecule has 0 spiro atoms. The number of ether oxygens (including phenoxy) is 3. The van der Waals surface area contributed by atoms with Gasteiger partial charge in [0.1, 0.15) is 43.3 Å². The Labute approximate surface area is 165 Å². The average Bonchev–Trinajstić information content (AvgIpc) is 2.77. The summed E-state index contributed by atoms with van der Waals surface area (Å²) in [5.41, 5.74) is 2.65. The van der Waals surface area contributed by atoms with E-state index in [0.717, 1.165) is 28.4 Å². The maximum Gasteiger partial charge on any atom is 0.134 e. The van der Waals surface area contributed by atoms with Crippen LogP contribution >= 0.6 is 0 Å². The summed E-state index contributed by atoms with van der Waals surface area (Å²) in [6.07, 6.45) is 0. The Morgan fingerprint density at radius 2 is 1.61 bits per heavy atom. The Kier molecular flexibility index (Phi) is 6.90. The van der Waals surface area contributed by atoms with Crippen LogP contribution in [0.2, 0.25) is 0 Å². The Bertz CT molecular complexity index is 875. The predicted molar refractivity (Wildman–Crippen MR) is 108 cm³/mol. The second-order valence-electron chi connectivity index (χ2n) is 5.91. The van der Waals surface area contributed by atoms with Crippen molar-refractivity contribution in [1.29, 1.82) is 0 Å². The molecule has 0 saturated carbocycles. The minimum absolute atomic E-state index is 0.288. The number of oxime groups is 1. The van der Waals surface area contributed by atoms with Gasteiger partial charge in [-0.1, -0.05) is 29.4 Å². The lowest BCUT2D eigenvalue weighted by Crippen LogP contribution is -2.13. The summed E-state index contributed by atoms with van der Waals surface area (Å²) >= 11 is 0. The van der Waals surface area contributed by atoms with Gasteiger partial charge in [-0.25, -0.2) is 0 Å². The molecule has 5 heteroatoms. The number of hydrogen-bond donors (Lipinski definition) is 0. The Morgan fingerprint density at radius 3 is 2.25 bits per heavy atom. The molecule has 3 aromatic rings. The minimum Gasteiger partial charge on any atom is -0.497 e. The van der Waals surface area contributed by atoms with Crippen molar-refractivity contribution in [3.8, 4) is 17.2 Å². The molecule has 0 aliphatic rings. The van der Waals surface area contributed by atoms with Crippen LogP contribution in [0.4, 0.5) is 0 Å². The van der Waals surface area contributed by atoms with Gasteiger partial charge < -0.3 is 19.0 Å². The van der Waals surface area contributed by atoms with E-state index in [1.165, 1.54) is 7.11 Å². The van der Waals surface area contributed by atoms with Crippen LogP contribution in [0.5, 0.6) is 17.2 Å². The molecule has 0 unspecified atom stereocenters. The molecule has 0 bridgehead atoms. The molecule has 0 fully saturated rings. The fourth-order valence-corrected chi connectivity index (χ4v) is 2.52. The first-order chi connectivity index (χ1) is 13.8. The van der Waals surface area contributed by atoms with Crippen LogP contribution in [-0.2, 0) is 11.4 Å². The second kappa shape index (κ2) is 10.0. The zero-order chi connectivity index (χ0) is 19.6. The first kappa shape index (κ1) is 19.3. The number of nitrogens with zero attached hydrogens (tertiary/aromatic N) is 1. The lowest BCUT2D eigenvalue weighted by Gasteiger charge is -2.10. The topological polar surface area (TPSA) is 49.3 Å². The molecule has 0 saturated heterocycles. The zero-order valence-electron chi connectivity index (χ0n) is 15.9. The molecule has 5 nitrogen and oxygen atoms in total. The smallest absolute Gasteiger partial charge is 0.134 e. The van der Waals surface area contributed by atoms with Crippen LogP contribution in [-0.4, -0.2) is 26.5 Å². The van der Waals surface area contributed by atoms with Crippen molar-refractivity contribution in [1.82, 2.24) is 0 Å². The van der Waals surface area contributed by atoms with Crippen LogP contribution in [0.1, 0.15) is 11.1 Å². The lowest BCUT2D eigenvalue weighted by molar-refractivity contribution is 0.210. The third-order valence-electron chi connectivity index (χ3n) is 4.01. The van der Waals surface area contributed by atoms with Crippen LogP contribution in [0.3, 0.4) is 0 Å². The number of benzene rings is 3. The fraction of sp³-hybridized carbons (Fsp3) is 0.174. The van der Waals surface area contributed by atoms with E-state index in [4.69, 9.17) is 19.0 Å². The van der Waals surface area contributed by atoms with E-state index in [2.05, 4.69) is 11.2 Å². The van der Waals surface area contributed by atoms with E-state index in [1.807, 2.05) is 72.8 Å². The highest BCUT2D eigenvalue weighted by atomic mass is 16.6. The van der Waals surface area contributed by atoms with E-state index in [-0.39, 0.29) is 6.61 Å². The van der Waals surface area contributed by atoms with Crippen molar-refractivity contribution < 1.29 is 19.0 Å². The number of rotatable bonds is 9. The highest BCUT2D eigenvalue weighted by molar-refractivity contribution is 6.01. The van der Waals surface area contributed by atoms with Crippen molar-refractivity contribution in [3.63, 3.8) is 0 Å². The normalized spacial score (nSPS) is 11.0. The summed E-state index contributed by atoms with van der Waals surface area (Å²) in [6.45, 7) is 0.774. The van der Waals surface area contributed by atoms with Gasteiger partial charge in [-0.05, 0) is 60.2 Å². The van der Waals surface area contributed by atoms with Gasteiger partial charge in [0.15, 0.2) is 0 Å². The summed E-state index contributed by atoms with van der Waals surface area (Å²) in [5.74, 6) is 2.32. The molecule has 0 aliphatic heterocycles. The van der Waals surface area contributed by atoms with Crippen molar-refractivity contribution >= 4 is 5.71 Å². The maximum atomic E-state index is 5.86. The Hall–Kier alpha value is -3.47. The van der Waals surface area contributed by atoms with Crippen molar-refractivity contribution in [3.05, 3.63) is 90.0 Å². The van der Waals surface area contributed by atoms with Gasteiger partial charge in [0.05, 0.1) is 7.11 Å². The third kappa shape index (κ3) is 5.51. The first-order valence-corrected chi connectivity index (χ1v) is 8.83. The summed E-state index contributed by atoms with van der Waals surface area (Å²) < 4.78 is 16.8. The molecule has 143 valence electrons. The molecule has 3 aromatic carbocycles. The molecule has 0 aromatic heterocycles. The van der Waals surface area contributed by atoms with Crippen molar-refractivity contribution in [2.24, 2.45) is 5.16 Å². The summed E-state index contributed by atoms with van der Waals surface area (Å²) in [5, 5.41) is 4.07. The largest absolute Gasteiger partial charge is 0.497 e. The fourth-order valence-electron chi connectivity index (χ4n) is 2.52. The Morgan fingerprint density at radius 1 is 0.857 bits per heavy atom. The maximum absolute atomic E-state index is 5.86. The molecule has 0 amide bonds. The highest BCUT2D eigenvalue weighted by Gasteiger charge is 2.07. The molecule has 1 radical (unpaired) electrons. The van der Waals surface area contributed by atoms with Crippen LogP contribution in [0.25, 0.3) is 0 Å². The quantitative estimate of drug-likeness (QED) is 0.407. The first-order valence-electron chi connectivity index (χ1n) is 8.83. The van der Waals surface area contributed by atoms with Gasteiger partial charge in [-0.3, -0.25) is 0 Å². The van der Waals surface area contributed by atoms with E-state index in [9.17, 15) is 0 Å². The molecular formula is C23H22NO4. The number of methoxy groups -OCH3 is 1. The molecule has 0 atom stereocenters. The zero-order valence-corrected chi connectivity index (χ0v) is 15.9. The van der Waals surface area contributed by atoms with Gasteiger partial charge in [-0.15, -0.1) is 0 Å². The molecule has 0 N–H and O–H groups in total. The lowest BCUT2D eigenvalue weighted by atomic mass is 10.1. The average molecular weight is 376 g/mol. The molecule has 28 heavy (non-hydrogen) atoms. The van der Waals surface area contributed by atoms with Crippen LogP contribution in [0, 0.1) is 6.07 Å². The van der Waals surface area contributed by atoms with E-state index in [1.54, 1.807) is 7.11 Å². The van der Waals surface area contributed by atoms with Gasteiger partial charge >= 0.3 is 0 Å². The highest BCUT2D eigenvalue weighted by Crippen LogP contribution is 2.17. The monoisotopic (exact) mass is 376 g/mol.